The molecule has 2 aromatic carbocycles. The van der Waals surface area contributed by atoms with Crippen molar-refractivity contribution in [2.24, 2.45) is 0 Å². The third-order valence-corrected chi connectivity index (χ3v) is 4.21. The second-order valence-corrected chi connectivity index (χ2v) is 5.89. The molecule has 7 nitrogen and oxygen atoms in total. The average molecular weight is 346 g/mol. The highest BCUT2D eigenvalue weighted by atomic mass is 16.6. The van der Waals surface area contributed by atoms with Crippen LogP contribution in [0.4, 0.5) is 11.4 Å². The number of hydrogen-bond acceptors (Lipinski definition) is 5. The number of nitro groups is 1. The molecule has 0 saturated carbocycles. The number of aromatic nitrogens is 2. The lowest BCUT2D eigenvalue weighted by molar-refractivity contribution is -0.384. The van der Waals surface area contributed by atoms with Crippen LogP contribution in [0.1, 0.15) is 5.56 Å². The molecule has 4 aromatic rings. The van der Waals surface area contributed by atoms with Gasteiger partial charge in [0.15, 0.2) is 0 Å². The van der Waals surface area contributed by atoms with Gasteiger partial charge in [0.25, 0.3) is 11.2 Å². The maximum atomic E-state index is 12.2. The molecular formula is C19H14N4O3. The van der Waals surface area contributed by atoms with Crippen molar-refractivity contribution in [3.05, 3.63) is 86.8 Å². The van der Waals surface area contributed by atoms with Gasteiger partial charge in [-0.2, -0.15) is 0 Å². The first-order valence-corrected chi connectivity index (χ1v) is 8.00. The number of benzene rings is 2. The van der Waals surface area contributed by atoms with E-state index in [1.54, 1.807) is 18.3 Å². The molecule has 0 unspecified atom stereocenters. The summed E-state index contributed by atoms with van der Waals surface area (Å²) in [7, 11) is 0. The Balaban J connectivity index is 1.69. The number of anilines is 1. The Bertz CT molecular complexity index is 1200. The molecule has 0 aliphatic carbocycles. The fourth-order valence-electron chi connectivity index (χ4n) is 2.96. The number of rotatable bonds is 4. The Morgan fingerprint density at radius 2 is 1.92 bits per heavy atom. The lowest BCUT2D eigenvalue weighted by Gasteiger charge is -2.09. The molecule has 2 aromatic heterocycles. The first kappa shape index (κ1) is 15.8. The molecule has 0 aliphatic heterocycles. The van der Waals surface area contributed by atoms with Crippen molar-refractivity contribution in [1.29, 1.82) is 0 Å². The Labute approximate surface area is 147 Å². The molecule has 0 radical (unpaired) electrons. The largest absolute Gasteiger partial charge is 0.381 e. The van der Waals surface area contributed by atoms with Crippen LogP contribution in [0.3, 0.4) is 0 Å². The summed E-state index contributed by atoms with van der Waals surface area (Å²) in [6, 6.07) is 15.7. The molecule has 0 atom stereocenters. The van der Waals surface area contributed by atoms with E-state index >= 15 is 0 Å². The molecule has 128 valence electrons. The Hall–Kier alpha value is -3.74. The summed E-state index contributed by atoms with van der Waals surface area (Å²) >= 11 is 0. The van der Waals surface area contributed by atoms with Gasteiger partial charge in [0.1, 0.15) is 5.65 Å². The number of non-ortho nitro benzene ring substituents is 1. The molecule has 7 heteroatoms. The number of pyridine rings is 2. The van der Waals surface area contributed by atoms with Crippen molar-refractivity contribution in [3.8, 4) is 0 Å². The summed E-state index contributed by atoms with van der Waals surface area (Å²) in [5.41, 5.74) is 2.04. The summed E-state index contributed by atoms with van der Waals surface area (Å²) in [6.07, 6.45) is 1.63. The zero-order valence-electron chi connectivity index (χ0n) is 13.6. The van der Waals surface area contributed by atoms with Crippen LogP contribution in [0.5, 0.6) is 0 Å². The van der Waals surface area contributed by atoms with Crippen molar-refractivity contribution < 1.29 is 4.92 Å². The van der Waals surface area contributed by atoms with Crippen molar-refractivity contribution in [1.82, 2.24) is 9.97 Å². The zero-order valence-corrected chi connectivity index (χ0v) is 13.6. The van der Waals surface area contributed by atoms with E-state index in [1.807, 2.05) is 30.3 Å². The van der Waals surface area contributed by atoms with E-state index < -0.39 is 4.92 Å². The van der Waals surface area contributed by atoms with Crippen LogP contribution < -0.4 is 10.9 Å². The lowest BCUT2D eigenvalue weighted by atomic mass is 10.1. The third-order valence-electron chi connectivity index (χ3n) is 4.21. The summed E-state index contributed by atoms with van der Waals surface area (Å²) in [6.45, 7) is 0.437. The van der Waals surface area contributed by atoms with Gasteiger partial charge in [-0.3, -0.25) is 14.9 Å². The van der Waals surface area contributed by atoms with E-state index in [2.05, 4.69) is 15.3 Å². The topological polar surface area (TPSA) is 101 Å². The van der Waals surface area contributed by atoms with Crippen LogP contribution in [0, 0.1) is 10.1 Å². The number of nitrogens with zero attached hydrogens (tertiary/aromatic N) is 2. The molecular weight excluding hydrogens is 332 g/mol. The van der Waals surface area contributed by atoms with Crippen LogP contribution in [0.15, 0.2) is 65.6 Å². The molecule has 26 heavy (non-hydrogen) atoms. The maximum Gasteiger partial charge on any atom is 0.269 e. The smallest absolute Gasteiger partial charge is 0.269 e. The second-order valence-electron chi connectivity index (χ2n) is 5.89. The molecule has 4 rings (SSSR count). The highest BCUT2D eigenvalue weighted by Crippen LogP contribution is 2.24. The van der Waals surface area contributed by atoms with Crippen molar-refractivity contribution >= 4 is 33.2 Å². The zero-order chi connectivity index (χ0) is 18.1. The van der Waals surface area contributed by atoms with Crippen LogP contribution in [0.2, 0.25) is 0 Å². The molecule has 0 fully saturated rings. The predicted molar refractivity (Wildman–Crippen MR) is 100 cm³/mol. The van der Waals surface area contributed by atoms with Gasteiger partial charge in [-0.25, -0.2) is 4.98 Å². The number of nitro benzene ring substituents is 1. The maximum absolute atomic E-state index is 12.2. The molecule has 0 spiro atoms. The van der Waals surface area contributed by atoms with Gasteiger partial charge in [-0.15, -0.1) is 0 Å². The van der Waals surface area contributed by atoms with Gasteiger partial charge in [-0.05, 0) is 35.9 Å². The molecule has 2 N–H and O–H groups in total. The minimum Gasteiger partial charge on any atom is -0.381 e. The minimum atomic E-state index is -0.412. The molecule has 0 aliphatic rings. The molecule has 0 saturated heterocycles. The summed E-state index contributed by atoms with van der Waals surface area (Å²) in [5, 5.41) is 16.4. The predicted octanol–water partition coefficient (Wildman–Crippen LogP) is 3.60. The van der Waals surface area contributed by atoms with E-state index in [4.69, 9.17) is 0 Å². The van der Waals surface area contributed by atoms with E-state index in [1.165, 1.54) is 12.1 Å². The number of hydrogen-bond donors (Lipinski definition) is 2. The number of aromatic amines is 1. The van der Waals surface area contributed by atoms with Gasteiger partial charge < -0.3 is 10.3 Å². The van der Waals surface area contributed by atoms with Gasteiger partial charge >= 0.3 is 0 Å². The fourth-order valence-corrected chi connectivity index (χ4v) is 2.96. The van der Waals surface area contributed by atoms with Crippen LogP contribution in [-0.4, -0.2) is 14.9 Å². The van der Waals surface area contributed by atoms with Gasteiger partial charge in [0.2, 0.25) is 0 Å². The van der Waals surface area contributed by atoms with E-state index in [9.17, 15) is 14.9 Å². The second kappa shape index (κ2) is 6.29. The van der Waals surface area contributed by atoms with Gasteiger partial charge in [0.05, 0.1) is 4.92 Å². The first-order valence-electron chi connectivity index (χ1n) is 8.00. The number of nitrogens with one attached hydrogen (secondary N) is 2. The lowest BCUT2D eigenvalue weighted by Crippen LogP contribution is -2.07. The highest BCUT2D eigenvalue weighted by molar-refractivity contribution is 6.05. The van der Waals surface area contributed by atoms with Crippen molar-refractivity contribution in [2.75, 3.05) is 5.32 Å². The average Bonchev–Trinajstić information content (AvgIpc) is 2.66. The van der Waals surface area contributed by atoms with Gasteiger partial charge in [-0.1, -0.05) is 12.1 Å². The first-order chi connectivity index (χ1) is 12.6. The minimum absolute atomic E-state index is 0.0615. The number of H-pyrrole nitrogens is 1. The van der Waals surface area contributed by atoms with Crippen LogP contribution >= 0.6 is 0 Å². The molecule has 2 heterocycles. The van der Waals surface area contributed by atoms with E-state index in [0.717, 1.165) is 22.0 Å². The molecule has 0 amide bonds. The van der Waals surface area contributed by atoms with Crippen molar-refractivity contribution in [3.63, 3.8) is 0 Å². The van der Waals surface area contributed by atoms with E-state index in [0.29, 0.717) is 17.6 Å². The fraction of sp³-hybridized carbons (Fsp3) is 0.0526. The Morgan fingerprint density at radius 1 is 1.04 bits per heavy atom. The Morgan fingerprint density at radius 3 is 2.77 bits per heavy atom. The quantitative estimate of drug-likeness (QED) is 0.334. The summed E-state index contributed by atoms with van der Waals surface area (Å²) in [4.78, 5) is 29.6. The summed E-state index contributed by atoms with van der Waals surface area (Å²) in [5.74, 6) is 0. The Kier molecular flexibility index (Phi) is 3.81. The standard InChI is InChI=1S/C19H14N4O3/c24-19-16-7-6-13(10-17(16)15-5-2-8-20-18(15)22-19)21-11-12-3-1-4-14(9-12)23(25)26/h1-10,21H,11H2,(H,20,22,24). The van der Waals surface area contributed by atoms with Crippen LogP contribution in [0.25, 0.3) is 21.8 Å². The van der Waals surface area contributed by atoms with Crippen LogP contribution in [-0.2, 0) is 6.54 Å². The third kappa shape index (κ3) is 2.86. The molecule has 0 bridgehead atoms. The van der Waals surface area contributed by atoms with E-state index in [-0.39, 0.29) is 11.2 Å². The van der Waals surface area contributed by atoms with Gasteiger partial charge in [0, 0.05) is 46.7 Å². The summed E-state index contributed by atoms with van der Waals surface area (Å²) < 4.78 is 0. The number of fused-ring (bicyclic) bond motifs is 3. The van der Waals surface area contributed by atoms with Crippen molar-refractivity contribution in [2.45, 2.75) is 6.54 Å². The highest BCUT2D eigenvalue weighted by Gasteiger charge is 2.08. The normalized spacial score (nSPS) is 10.9. The monoisotopic (exact) mass is 346 g/mol. The SMILES string of the molecule is O=c1[nH]c2ncccc2c2cc(NCc3cccc([N+](=O)[O-])c3)ccc12.